The Morgan fingerprint density at radius 3 is 2.66 bits per heavy atom. The van der Waals surface area contributed by atoms with E-state index < -0.39 is 5.97 Å². The molecule has 1 aliphatic rings. The van der Waals surface area contributed by atoms with Crippen LogP contribution in [-0.2, 0) is 0 Å². The lowest BCUT2D eigenvalue weighted by Gasteiger charge is -2.36. The number of carboxylic acids is 1. The van der Waals surface area contributed by atoms with Crippen molar-refractivity contribution < 1.29 is 19.7 Å². The van der Waals surface area contributed by atoms with Crippen LogP contribution >= 0.6 is 0 Å². The Hall–Kier alpha value is -3.99. The van der Waals surface area contributed by atoms with Gasteiger partial charge in [-0.05, 0) is 71.8 Å². The van der Waals surface area contributed by atoms with Crippen LogP contribution in [0.3, 0.4) is 0 Å². The number of nitrogens with zero attached hydrogens (tertiary/aromatic N) is 1. The van der Waals surface area contributed by atoms with Gasteiger partial charge in [-0.15, -0.1) is 0 Å². The van der Waals surface area contributed by atoms with Crippen molar-refractivity contribution >= 4 is 28.1 Å². The minimum Gasteiger partial charge on any atom is -0.507 e. The zero-order valence-corrected chi connectivity index (χ0v) is 19.7. The van der Waals surface area contributed by atoms with Gasteiger partial charge in [0, 0.05) is 5.69 Å². The van der Waals surface area contributed by atoms with Crippen molar-refractivity contribution in [3.63, 3.8) is 0 Å². The number of anilines is 2. The molecule has 4 aromatic carbocycles. The van der Waals surface area contributed by atoms with Crippen LogP contribution in [0.4, 0.5) is 11.4 Å². The van der Waals surface area contributed by atoms with Crippen LogP contribution in [0.5, 0.6) is 11.5 Å². The summed E-state index contributed by atoms with van der Waals surface area (Å²) in [4.78, 5) is 13.7. The average molecular weight is 468 g/mol. The quantitative estimate of drug-likeness (QED) is 0.303. The highest BCUT2D eigenvalue weighted by atomic mass is 16.5. The molecule has 5 nitrogen and oxygen atoms in total. The number of phenols is 1. The Morgan fingerprint density at radius 2 is 1.80 bits per heavy atom. The molecule has 5 rings (SSSR count). The van der Waals surface area contributed by atoms with Crippen molar-refractivity contribution in [3.8, 4) is 11.5 Å². The smallest absolute Gasteiger partial charge is 0.339 e. The van der Waals surface area contributed by atoms with E-state index in [1.54, 1.807) is 6.07 Å². The molecule has 5 heteroatoms. The minimum atomic E-state index is -1.15. The summed E-state index contributed by atoms with van der Waals surface area (Å²) in [5, 5.41) is 22.0. The monoisotopic (exact) mass is 467 g/mol. The molecule has 0 amide bonds. The van der Waals surface area contributed by atoms with Gasteiger partial charge in [0.15, 0.2) is 0 Å². The van der Waals surface area contributed by atoms with Crippen LogP contribution in [0.25, 0.3) is 10.8 Å². The summed E-state index contributed by atoms with van der Waals surface area (Å²) in [5.74, 6) is -0.161. The second-order valence-electron chi connectivity index (χ2n) is 9.23. The number of hydrogen-bond acceptors (Lipinski definition) is 4. The fourth-order valence-corrected chi connectivity index (χ4v) is 5.04. The van der Waals surface area contributed by atoms with Crippen molar-refractivity contribution in [2.75, 3.05) is 11.4 Å². The lowest BCUT2D eigenvalue weighted by Crippen LogP contribution is -2.37. The van der Waals surface area contributed by atoms with Crippen LogP contribution in [0, 0.1) is 0 Å². The highest BCUT2D eigenvalue weighted by molar-refractivity contribution is 5.92. The first-order valence-electron chi connectivity index (χ1n) is 12.1. The van der Waals surface area contributed by atoms with Gasteiger partial charge >= 0.3 is 5.97 Å². The third-order valence-electron chi connectivity index (χ3n) is 6.88. The second-order valence-corrected chi connectivity index (χ2v) is 9.23. The van der Waals surface area contributed by atoms with Crippen molar-refractivity contribution in [2.24, 2.45) is 0 Å². The van der Waals surface area contributed by atoms with E-state index in [0.717, 1.165) is 36.4 Å². The summed E-state index contributed by atoms with van der Waals surface area (Å²) in [7, 11) is 0. The molecule has 1 unspecified atom stereocenters. The third-order valence-corrected chi connectivity index (χ3v) is 6.88. The fourth-order valence-electron chi connectivity index (χ4n) is 5.04. The molecule has 0 spiro atoms. The lowest BCUT2D eigenvalue weighted by atomic mass is 9.90. The molecule has 0 aliphatic carbocycles. The molecule has 1 heterocycles. The molecule has 2 atom stereocenters. The standard InChI is InChI=1S/C30H29NO4/c1-20(24-13-7-10-21-9-2-3-12-25(21)24)8-6-11-23-19-31(27-14-4-5-15-29(27)35-23)22-16-17-28(32)26(18-22)30(33)34/h2-5,7,9-10,12-18,20,23,32H,6,8,11,19H2,1H3,(H,33,34)/t20-,23?/m0/s1. The minimum absolute atomic E-state index is 0.0216. The van der Waals surface area contributed by atoms with E-state index >= 15 is 0 Å². The van der Waals surface area contributed by atoms with Crippen LogP contribution in [-0.4, -0.2) is 28.8 Å². The number of rotatable bonds is 7. The first-order chi connectivity index (χ1) is 17.0. The molecular formula is C30H29NO4. The van der Waals surface area contributed by atoms with Gasteiger partial charge in [0.05, 0.1) is 12.2 Å². The van der Waals surface area contributed by atoms with E-state index in [9.17, 15) is 15.0 Å². The zero-order valence-electron chi connectivity index (χ0n) is 19.7. The molecule has 1 aliphatic heterocycles. The maximum atomic E-state index is 11.6. The normalized spacial score (nSPS) is 15.9. The molecule has 35 heavy (non-hydrogen) atoms. The molecule has 0 aromatic heterocycles. The maximum Gasteiger partial charge on any atom is 0.339 e. The SMILES string of the molecule is C[C@@H](CCCC1CN(c2ccc(O)c(C(=O)O)c2)c2ccccc2O1)c1cccc2ccccc12. The molecule has 0 saturated heterocycles. The largest absolute Gasteiger partial charge is 0.507 e. The van der Waals surface area contributed by atoms with E-state index in [4.69, 9.17) is 4.74 Å². The Bertz CT molecular complexity index is 1360. The number of hydrogen-bond donors (Lipinski definition) is 2. The van der Waals surface area contributed by atoms with Gasteiger partial charge in [-0.2, -0.15) is 0 Å². The number of aromatic carboxylic acids is 1. The number of benzene rings is 4. The van der Waals surface area contributed by atoms with Crippen molar-refractivity contribution in [1.82, 2.24) is 0 Å². The predicted octanol–water partition coefficient (Wildman–Crippen LogP) is 7.12. The first kappa shape index (κ1) is 22.8. The molecule has 0 bridgehead atoms. The summed E-state index contributed by atoms with van der Waals surface area (Å²) in [5.41, 5.74) is 2.90. The van der Waals surface area contributed by atoms with E-state index in [1.165, 1.54) is 28.5 Å². The molecule has 178 valence electrons. The van der Waals surface area contributed by atoms with E-state index in [0.29, 0.717) is 12.5 Å². The molecule has 0 saturated carbocycles. The van der Waals surface area contributed by atoms with Gasteiger partial charge in [-0.1, -0.05) is 61.5 Å². The molecule has 4 aromatic rings. The molecular weight excluding hydrogens is 438 g/mol. The van der Waals surface area contributed by atoms with Crippen LogP contribution in [0.2, 0.25) is 0 Å². The van der Waals surface area contributed by atoms with Crippen molar-refractivity contribution in [1.29, 1.82) is 0 Å². The number of carboxylic acid groups (broad SMARTS) is 1. The molecule has 0 fully saturated rings. The number of para-hydroxylation sites is 2. The van der Waals surface area contributed by atoms with Gasteiger partial charge in [0.25, 0.3) is 0 Å². The summed E-state index contributed by atoms with van der Waals surface area (Å²) in [6.07, 6.45) is 2.94. The lowest BCUT2D eigenvalue weighted by molar-refractivity contribution is 0.0693. The summed E-state index contributed by atoms with van der Waals surface area (Å²) >= 11 is 0. The Morgan fingerprint density at radius 1 is 1.03 bits per heavy atom. The summed E-state index contributed by atoms with van der Waals surface area (Å²) < 4.78 is 6.34. The number of carbonyl (C=O) groups is 1. The second kappa shape index (κ2) is 9.71. The van der Waals surface area contributed by atoms with Gasteiger partial charge in [-0.3, -0.25) is 0 Å². The third kappa shape index (κ3) is 4.67. The van der Waals surface area contributed by atoms with Gasteiger partial charge in [0.1, 0.15) is 23.2 Å². The molecule has 2 N–H and O–H groups in total. The van der Waals surface area contributed by atoms with Gasteiger partial charge < -0.3 is 19.8 Å². The summed E-state index contributed by atoms with van der Waals surface area (Å²) in [6.45, 7) is 2.90. The Balaban J connectivity index is 1.31. The van der Waals surface area contributed by atoms with E-state index in [-0.39, 0.29) is 17.4 Å². The predicted molar refractivity (Wildman–Crippen MR) is 139 cm³/mol. The fraction of sp³-hybridized carbons (Fsp3) is 0.233. The van der Waals surface area contributed by atoms with Gasteiger partial charge in [0.2, 0.25) is 0 Å². The zero-order chi connectivity index (χ0) is 24.4. The summed E-state index contributed by atoms with van der Waals surface area (Å²) in [6, 6.07) is 27.6. The van der Waals surface area contributed by atoms with E-state index in [2.05, 4.69) is 54.3 Å². The van der Waals surface area contributed by atoms with Crippen LogP contribution in [0.15, 0.2) is 84.9 Å². The average Bonchev–Trinajstić information content (AvgIpc) is 2.88. The highest BCUT2D eigenvalue weighted by Crippen LogP contribution is 2.40. The van der Waals surface area contributed by atoms with Crippen molar-refractivity contribution in [3.05, 3.63) is 96.1 Å². The van der Waals surface area contributed by atoms with Crippen LogP contribution in [0.1, 0.15) is 48.0 Å². The van der Waals surface area contributed by atoms with Gasteiger partial charge in [-0.25, -0.2) is 4.79 Å². The van der Waals surface area contributed by atoms with E-state index in [1.807, 2.05) is 24.3 Å². The Kier molecular flexibility index (Phi) is 6.32. The van der Waals surface area contributed by atoms with Crippen molar-refractivity contribution in [2.45, 2.75) is 38.2 Å². The van der Waals surface area contributed by atoms with Crippen LogP contribution < -0.4 is 9.64 Å². The maximum absolute atomic E-state index is 11.6. The molecule has 0 radical (unpaired) electrons. The number of aromatic hydroxyl groups is 1. The Labute approximate surface area is 205 Å². The number of ether oxygens (including phenoxy) is 1. The first-order valence-corrected chi connectivity index (χ1v) is 12.1. The highest BCUT2D eigenvalue weighted by Gasteiger charge is 2.27. The number of fused-ring (bicyclic) bond motifs is 2. The topological polar surface area (TPSA) is 70.0 Å².